The van der Waals surface area contributed by atoms with Gasteiger partial charge in [0.1, 0.15) is 17.6 Å². The van der Waals surface area contributed by atoms with Crippen molar-refractivity contribution in [3.8, 4) is 11.8 Å². The summed E-state index contributed by atoms with van der Waals surface area (Å²) in [5.74, 6) is -0.259. The van der Waals surface area contributed by atoms with Crippen LogP contribution in [0.1, 0.15) is 11.1 Å². The Morgan fingerprint density at radius 2 is 1.90 bits per heavy atom. The van der Waals surface area contributed by atoms with Crippen molar-refractivity contribution in [1.29, 1.82) is 5.26 Å². The average Bonchev–Trinajstić information content (AvgIpc) is 2.52. The van der Waals surface area contributed by atoms with E-state index in [2.05, 4.69) is 5.32 Å². The lowest BCUT2D eigenvalue weighted by Crippen LogP contribution is -2.28. The zero-order chi connectivity index (χ0) is 15.1. The van der Waals surface area contributed by atoms with E-state index >= 15 is 0 Å². The molecule has 0 heterocycles. The summed E-state index contributed by atoms with van der Waals surface area (Å²) in [4.78, 5) is 11.7. The molecule has 0 radical (unpaired) electrons. The van der Waals surface area contributed by atoms with Crippen molar-refractivity contribution in [2.45, 2.75) is 6.54 Å². The average molecular weight is 284 g/mol. The molecule has 2 aromatic rings. The smallest absolute Gasteiger partial charge is 0.258 e. The van der Waals surface area contributed by atoms with E-state index in [0.29, 0.717) is 17.9 Å². The fourth-order valence-electron chi connectivity index (χ4n) is 1.68. The first-order valence-corrected chi connectivity index (χ1v) is 6.32. The predicted molar refractivity (Wildman–Crippen MR) is 74.9 cm³/mol. The highest BCUT2D eigenvalue weighted by Crippen LogP contribution is 2.16. The number of carbonyl (C=O) groups excluding carboxylic acids is 1. The second kappa shape index (κ2) is 7.06. The Balaban J connectivity index is 1.82. The zero-order valence-corrected chi connectivity index (χ0v) is 11.2. The third-order valence-corrected chi connectivity index (χ3v) is 2.77. The van der Waals surface area contributed by atoms with Gasteiger partial charge in [0, 0.05) is 6.54 Å². The number of carbonyl (C=O) groups is 1. The highest BCUT2D eigenvalue weighted by atomic mass is 19.1. The molecule has 0 spiro atoms. The van der Waals surface area contributed by atoms with E-state index in [4.69, 9.17) is 10.00 Å². The third kappa shape index (κ3) is 4.32. The highest BCUT2D eigenvalue weighted by Gasteiger charge is 2.06. The lowest BCUT2D eigenvalue weighted by molar-refractivity contribution is -0.123. The monoisotopic (exact) mass is 284 g/mol. The van der Waals surface area contributed by atoms with Gasteiger partial charge < -0.3 is 10.1 Å². The molecule has 4 nitrogen and oxygen atoms in total. The molecule has 0 atom stereocenters. The van der Waals surface area contributed by atoms with E-state index in [1.165, 1.54) is 12.1 Å². The number of hydrogen-bond acceptors (Lipinski definition) is 3. The summed E-state index contributed by atoms with van der Waals surface area (Å²) in [6.07, 6.45) is 0. The van der Waals surface area contributed by atoms with Gasteiger partial charge in [0.25, 0.3) is 5.91 Å². The van der Waals surface area contributed by atoms with Gasteiger partial charge >= 0.3 is 0 Å². The van der Waals surface area contributed by atoms with E-state index in [1.807, 2.05) is 6.07 Å². The SMILES string of the molecule is N#Cc1ccccc1OCC(=O)NCc1ccc(F)cc1. The second-order valence-corrected chi connectivity index (χ2v) is 4.30. The van der Waals surface area contributed by atoms with Crippen molar-refractivity contribution in [2.24, 2.45) is 0 Å². The predicted octanol–water partition coefficient (Wildman–Crippen LogP) is 2.39. The van der Waals surface area contributed by atoms with Gasteiger partial charge in [-0.1, -0.05) is 24.3 Å². The van der Waals surface area contributed by atoms with Crippen LogP contribution in [0.3, 0.4) is 0 Å². The number of halogens is 1. The lowest BCUT2D eigenvalue weighted by Gasteiger charge is -2.08. The molecule has 0 bridgehead atoms. The maximum Gasteiger partial charge on any atom is 0.258 e. The molecule has 0 aliphatic rings. The topological polar surface area (TPSA) is 62.1 Å². The van der Waals surface area contributed by atoms with Gasteiger partial charge in [-0.15, -0.1) is 0 Å². The Labute approximate surface area is 121 Å². The number of hydrogen-bond donors (Lipinski definition) is 1. The fourth-order valence-corrected chi connectivity index (χ4v) is 1.68. The highest BCUT2D eigenvalue weighted by molar-refractivity contribution is 5.77. The molecule has 1 amide bonds. The van der Waals surface area contributed by atoms with E-state index in [-0.39, 0.29) is 18.3 Å². The number of nitriles is 1. The number of amides is 1. The molecular formula is C16H13FN2O2. The number of benzene rings is 2. The standard InChI is InChI=1S/C16H13FN2O2/c17-14-7-5-12(6-8-14)10-19-16(20)11-21-15-4-2-1-3-13(15)9-18/h1-8H,10-11H2,(H,19,20). The molecule has 1 N–H and O–H groups in total. The van der Waals surface area contributed by atoms with Gasteiger partial charge in [-0.3, -0.25) is 4.79 Å². The summed E-state index contributed by atoms with van der Waals surface area (Å²) in [7, 11) is 0. The van der Waals surface area contributed by atoms with Crippen LogP contribution in [0.5, 0.6) is 5.75 Å². The molecule has 0 unspecified atom stereocenters. The molecule has 0 aliphatic heterocycles. The summed E-state index contributed by atoms with van der Waals surface area (Å²) in [5, 5.41) is 11.6. The third-order valence-electron chi connectivity index (χ3n) is 2.77. The normalized spacial score (nSPS) is 9.71. The largest absolute Gasteiger partial charge is 0.482 e. The number of para-hydroxylation sites is 1. The van der Waals surface area contributed by atoms with E-state index in [1.54, 1.807) is 36.4 Å². The molecule has 0 saturated carbocycles. The summed E-state index contributed by atoms with van der Waals surface area (Å²) >= 11 is 0. The molecule has 106 valence electrons. The number of nitrogens with zero attached hydrogens (tertiary/aromatic N) is 1. The van der Waals surface area contributed by atoms with Crippen molar-refractivity contribution in [3.05, 3.63) is 65.5 Å². The Morgan fingerprint density at radius 3 is 2.62 bits per heavy atom. The molecule has 2 aromatic carbocycles. The van der Waals surface area contributed by atoms with Crippen LogP contribution in [-0.4, -0.2) is 12.5 Å². The van der Waals surface area contributed by atoms with Crippen LogP contribution in [0.15, 0.2) is 48.5 Å². The Bertz CT molecular complexity index is 663. The number of ether oxygens (including phenoxy) is 1. The van der Waals surface area contributed by atoms with Crippen LogP contribution in [0.4, 0.5) is 4.39 Å². The molecule has 0 aromatic heterocycles. The molecule has 2 rings (SSSR count). The van der Waals surface area contributed by atoms with Gasteiger partial charge in [0.15, 0.2) is 6.61 Å². The summed E-state index contributed by atoms with van der Waals surface area (Å²) in [6, 6.07) is 14.6. The van der Waals surface area contributed by atoms with Crippen molar-refractivity contribution < 1.29 is 13.9 Å². The molecule has 5 heteroatoms. The Morgan fingerprint density at radius 1 is 1.19 bits per heavy atom. The quantitative estimate of drug-likeness (QED) is 0.917. The lowest BCUT2D eigenvalue weighted by atomic mass is 10.2. The summed E-state index contributed by atoms with van der Waals surface area (Å²) in [5.41, 5.74) is 1.17. The van der Waals surface area contributed by atoms with Crippen LogP contribution in [0, 0.1) is 17.1 Å². The van der Waals surface area contributed by atoms with E-state index < -0.39 is 0 Å². The first kappa shape index (κ1) is 14.5. The van der Waals surface area contributed by atoms with Gasteiger partial charge in [0.2, 0.25) is 0 Å². The number of rotatable bonds is 5. The first-order valence-electron chi connectivity index (χ1n) is 6.32. The van der Waals surface area contributed by atoms with Crippen LogP contribution in [0.25, 0.3) is 0 Å². The van der Waals surface area contributed by atoms with Crippen LogP contribution < -0.4 is 10.1 Å². The minimum Gasteiger partial charge on any atom is -0.482 e. The van der Waals surface area contributed by atoms with E-state index in [0.717, 1.165) is 5.56 Å². The maximum absolute atomic E-state index is 12.7. The summed E-state index contributed by atoms with van der Waals surface area (Å²) in [6.45, 7) is 0.113. The molecule has 0 aliphatic carbocycles. The first-order chi connectivity index (χ1) is 10.2. The Hall–Kier alpha value is -2.87. The van der Waals surface area contributed by atoms with Crippen molar-refractivity contribution >= 4 is 5.91 Å². The van der Waals surface area contributed by atoms with Gasteiger partial charge in [-0.2, -0.15) is 5.26 Å². The van der Waals surface area contributed by atoms with Gasteiger partial charge in [-0.05, 0) is 29.8 Å². The van der Waals surface area contributed by atoms with Crippen molar-refractivity contribution in [3.63, 3.8) is 0 Å². The van der Waals surface area contributed by atoms with Gasteiger partial charge in [0.05, 0.1) is 5.56 Å². The van der Waals surface area contributed by atoms with Crippen molar-refractivity contribution in [1.82, 2.24) is 5.32 Å². The Kier molecular flexibility index (Phi) is 4.89. The maximum atomic E-state index is 12.7. The van der Waals surface area contributed by atoms with E-state index in [9.17, 15) is 9.18 Å². The second-order valence-electron chi connectivity index (χ2n) is 4.30. The minimum atomic E-state index is -0.318. The van der Waals surface area contributed by atoms with Crippen LogP contribution >= 0.6 is 0 Å². The van der Waals surface area contributed by atoms with Gasteiger partial charge in [-0.25, -0.2) is 4.39 Å². The van der Waals surface area contributed by atoms with Crippen molar-refractivity contribution in [2.75, 3.05) is 6.61 Å². The zero-order valence-electron chi connectivity index (χ0n) is 11.2. The van der Waals surface area contributed by atoms with Crippen LogP contribution in [-0.2, 0) is 11.3 Å². The molecule has 0 fully saturated rings. The molecule has 21 heavy (non-hydrogen) atoms. The summed E-state index contributed by atoms with van der Waals surface area (Å²) < 4.78 is 18.0. The molecule has 0 saturated heterocycles. The minimum absolute atomic E-state index is 0.181. The number of nitrogens with one attached hydrogen (secondary N) is 1. The van der Waals surface area contributed by atoms with Crippen LogP contribution in [0.2, 0.25) is 0 Å². The fraction of sp³-hybridized carbons (Fsp3) is 0.125. The molecular weight excluding hydrogens is 271 g/mol.